The Morgan fingerprint density at radius 2 is 2.15 bits per heavy atom. The zero-order chi connectivity index (χ0) is 10.1. The van der Waals surface area contributed by atoms with Gasteiger partial charge in [0.1, 0.15) is 5.76 Å². The second-order valence-corrected chi connectivity index (χ2v) is 2.96. The van der Waals surface area contributed by atoms with Crippen LogP contribution in [0.4, 0.5) is 0 Å². The Morgan fingerprint density at radius 3 is 2.69 bits per heavy atom. The molecular formula is C11H18O2. The molecule has 0 amide bonds. The fraction of sp³-hybridized carbons (Fsp3) is 0.545. The van der Waals surface area contributed by atoms with E-state index in [9.17, 15) is 4.79 Å². The van der Waals surface area contributed by atoms with E-state index >= 15 is 0 Å². The van der Waals surface area contributed by atoms with Crippen molar-refractivity contribution in [1.29, 1.82) is 0 Å². The van der Waals surface area contributed by atoms with Crippen molar-refractivity contribution in [2.45, 2.75) is 39.5 Å². The van der Waals surface area contributed by atoms with Gasteiger partial charge in [0.15, 0.2) is 0 Å². The van der Waals surface area contributed by atoms with Gasteiger partial charge in [-0.25, -0.2) is 0 Å². The fourth-order valence-electron chi connectivity index (χ4n) is 0.946. The maximum Gasteiger partial charge on any atom is 0.308 e. The average Bonchev–Trinajstić information content (AvgIpc) is 2.02. The first-order valence-corrected chi connectivity index (χ1v) is 4.70. The van der Waals surface area contributed by atoms with E-state index in [1.165, 1.54) is 26.2 Å². The van der Waals surface area contributed by atoms with E-state index in [1.54, 1.807) is 6.08 Å². The Bertz CT molecular complexity index is 192. The molecule has 13 heavy (non-hydrogen) atoms. The summed E-state index contributed by atoms with van der Waals surface area (Å²) in [4.78, 5) is 10.5. The number of allylic oxidation sites excluding steroid dienone is 2. The van der Waals surface area contributed by atoms with Gasteiger partial charge in [-0.1, -0.05) is 32.4 Å². The number of unbranched alkanes of at least 4 members (excludes halogenated alkanes) is 3. The molecule has 2 nitrogen and oxygen atoms in total. The monoisotopic (exact) mass is 182 g/mol. The number of hydrogen-bond acceptors (Lipinski definition) is 2. The molecule has 0 rings (SSSR count). The molecule has 0 aliphatic carbocycles. The maximum atomic E-state index is 10.5. The van der Waals surface area contributed by atoms with Gasteiger partial charge in [-0.15, -0.1) is 0 Å². The zero-order valence-corrected chi connectivity index (χ0v) is 8.51. The minimum Gasteiger partial charge on any atom is -0.427 e. The summed E-state index contributed by atoms with van der Waals surface area (Å²) in [5.41, 5.74) is 0. The first-order chi connectivity index (χ1) is 6.16. The van der Waals surface area contributed by atoms with Gasteiger partial charge in [0.2, 0.25) is 0 Å². The molecule has 0 saturated carbocycles. The Kier molecular flexibility index (Phi) is 6.98. The third-order valence-electron chi connectivity index (χ3n) is 1.55. The summed E-state index contributed by atoms with van der Waals surface area (Å²) < 4.78 is 4.74. The number of carbonyl (C=O) groups excluding carboxylic acids is 1. The number of carbonyl (C=O) groups is 1. The van der Waals surface area contributed by atoms with Gasteiger partial charge in [-0.05, 0) is 18.9 Å². The molecule has 0 N–H and O–H groups in total. The molecule has 0 aromatic heterocycles. The lowest BCUT2D eigenvalue weighted by Gasteiger charge is -1.98. The third-order valence-corrected chi connectivity index (χ3v) is 1.55. The summed E-state index contributed by atoms with van der Waals surface area (Å²) in [6.07, 6.45) is 8.40. The van der Waals surface area contributed by atoms with Gasteiger partial charge in [0, 0.05) is 6.92 Å². The lowest BCUT2D eigenvalue weighted by Crippen LogP contribution is -1.94. The topological polar surface area (TPSA) is 26.3 Å². The Labute approximate surface area is 80.3 Å². The van der Waals surface area contributed by atoms with Crippen LogP contribution in [0, 0.1) is 0 Å². The van der Waals surface area contributed by atoms with Crippen LogP contribution in [0.5, 0.6) is 0 Å². The zero-order valence-electron chi connectivity index (χ0n) is 8.51. The molecule has 0 aliphatic rings. The summed E-state index contributed by atoms with van der Waals surface area (Å²) in [6, 6.07) is 0. The predicted octanol–water partition coefficient (Wildman–Crippen LogP) is 3.20. The van der Waals surface area contributed by atoms with Crippen molar-refractivity contribution in [3.63, 3.8) is 0 Å². The molecule has 0 fully saturated rings. The van der Waals surface area contributed by atoms with Crippen LogP contribution < -0.4 is 0 Å². The molecule has 0 heterocycles. The predicted molar refractivity (Wildman–Crippen MR) is 54.2 cm³/mol. The normalized spacial score (nSPS) is 10.3. The highest BCUT2D eigenvalue weighted by atomic mass is 16.5. The van der Waals surface area contributed by atoms with Crippen LogP contribution in [0.2, 0.25) is 0 Å². The second-order valence-electron chi connectivity index (χ2n) is 2.96. The molecule has 0 bridgehead atoms. The van der Waals surface area contributed by atoms with Crippen LogP contribution in [0.3, 0.4) is 0 Å². The molecule has 2 heteroatoms. The van der Waals surface area contributed by atoms with E-state index in [2.05, 4.69) is 13.5 Å². The molecule has 0 aromatic rings. The standard InChI is InChI=1S/C11H18O2/c1-4-5-6-7-8-9-10(2)13-11(3)12/h8-9H,2,4-7H2,1,3H3/b9-8+. The lowest BCUT2D eigenvalue weighted by molar-refractivity contribution is -0.136. The summed E-state index contributed by atoms with van der Waals surface area (Å²) in [6.45, 7) is 7.12. The van der Waals surface area contributed by atoms with Gasteiger partial charge in [0.25, 0.3) is 0 Å². The van der Waals surface area contributed by atoms with Crippen LogP contribution in [0.25, 0.3) is 0 Å². The van der Waals surface area contributed by atoms with Crippen LogP contribution in [-0.2, 0) is 9.53 Å². The second kappa shape index (κ2) is 7.59. The van der Waals surface area contributed by atoms with E-state index < -0.39 is 0 Å². The maximum absolute atomic E-state index is 10.5. The smallest absolute Gasteiger partial charge is 0.308 e. The van der Waals surface area contributed by atoms with Gasteiger partial charge in [-0.2, -0.15) is 0 Å². The number of rotatable bonds is 6. The summed E-state index contributed by atoms with van der Waals surface area (Å²) in [5.74, 6) is 0.104. The number of ether oxygens (including phenoxy) is 1. The summed E-state index contributed by atoms with van der Waals surface area (Å²) in [7, 11) is 0. The molecule has 0 unspecified atom stereocenters. The highest BCUT2D eigenvalue weighted by Gasteiger charge is 1.92. The molecule has 0 spiro atoms. The highest BCUT2D eigenvalue weighted by Crippen LogP contribution is 2.02. The van der Waals surface area contributed by atoms with Crippen molar-refractivity contribution in [3.05, 3.63) is 24.5 Å². The fourth-order valence-corrected chi connectivity index (χ4v) is 0.946. The molecule has 74 valence electrons. The van der Waals surface area contributed by atoms with E-state index in [0.29, 0.717) is 5.76 Å². The van der Waals surface area contributed by atoms with E-state index in [0.717, 1.165) is 6.42 Å². The van der Waals surface area contributed by atoms with Crippen LogP contribution in [0.15, 0.2) is 24.5 Å². The summed E-state index contributed by atoms with van der Waals surface area (Å²) in [5, 5.41) is 0. The van der Waals surface area contributed by atoms with Gasteiger partial charge < -0.3 is 4.74 Å². The van der Waals surface area contributed by atoms with Gasteiger partial charge >= 0.3 is 5.97 Å². The van der Waals surface area contributed by atoms with Crippen LogP contribution >= 0.6 is 0 Å². The largest absolute Gasteiger partial charge is 0.427 e. The summed E-state index contributed by atoms with van der Waals surface area (Å²) >= 11 is 0. The highest BCUT2D eigenvalue weighted by molar-refractivity contribution is 5.67. The molecule has 0 radical (unpaired) electrons. The molecular weight excluding hydrogens is 164 g/mol. The quantitative estimate of drug-likeness (QED) is 0.273. The number of hydrogen-bond donors (Lipinski definition) is 0. The lowest BCUT2D eigenvalue weighted by atomic mass is 10.2. The minimum absolute atomic E-state index is 0.316. The van der Waals surface area contributed by atoms with Crippen molar-refractivity contribution >= 4 is 5.97 Å². The van der Waals surface area contributed by atoms with E-state index in [4.69, 9.17) is 4.74 Å². The van der Waals surface area contributed by atoms with Crippen molar-refractivity contribution in [1.82, 2.24) is 0 Å². The van der Waals surface area contributed by atoms with Crippen LogP contribution in [0.1, 0.15) is 39.5 Å². The Morgan fingerprint density at radius 1 is 1.46 bits per heavy atom. The Hall–Kier alpha value is -1.05. The van der Waals surface area contributed by atoms with E-state index in [-0.39, 0.29) is 5.97 Å². The third kappa shape index (κ3) is 8.86. The van der Waals surface area contributed by atoms with Crippen molar-refractivity contribution in [2.24, 2.45) is 0 Å². The van der Waals surface area contributed by atoms with Gasteiger partial charge in [0.05, 0.1) is 0 Å². The molecule has 0 aliphatic heterocycles. The van der Waals surface area contributed by atoms with Crippen molar-refractivity contribution in [2.75, 3.05) is 0 Å². The minimum atomic E-state index is -0.316. The first-order valence-electron chi connectivity index (χ1n) is 4.70. The molecule has 0 saturated heterocycles. The van der Waals surface area contributed by atoms with Crippen LogP contribution in [-0.4, -0.2) is 5.97 Å². The SMILES string of the molecule is C=C(/C=C/CCCCC)OC(C)=O. The molecule has 0 aromatic carbocycles. The number of esters is 1. The Balaban J connectivity index is 3.48. The average molecular weight is 182 g/mol. The van der Waals surface area contributed by atoms with Crippen molar-refractivity contribution in [3.8, 4) is 0 Å². The van der Waals surface area contributed by atoms with Gasteiger partial charge in [-0.3, -0.25) is 4.79 Å². The first kappa shape index (κ1) is 11.9. The molecule has 0 atom stereocenters. The van der Waals surface area contributed by atoms with E-state index in [1.807, 2.05) is 6.08 Å². The van der Waals surface area contributed by atoms with Crippen molar-refractivity contribution < 1.29 is 9.53 Å².